The number of nitrogens with zero attached hydrogens (tertiary/aromatic N) is 5. The van der Waals surface area contributed by atoms with Gasteiger partial charge in [-0.25, -0.2) is 14.0 Å². The van der Waals surface area contributed by atoms with Crippen LogP contribution in [-0.2, 0) is 28.1 Å². The lowest BCUT2D eigenvalue weighted by molar-refractivity contribution is -0.153. The van der Waals surface area contributed by atoms with Crippen LogP contribution in [0.4, 0.5) is 13.2 Å². The standard InChI is InChI=1S/C27H26F3N7O4S/c1-42(2,40)34-10-9-32-25(39)23-22-20(36-37(23)21-6-3-16(13-31)14-33-21)12-26(35-24(22)38)8-7-17-11-18(4-5-19(17)26)41-15-27(28,29)30/h3-6,11,14H,7-10,12,15H2,1-2H3,(H,32,39)(H,35,38)/t26-/m0/s1. The van der Waals surface area contributed by atoms with E-state index in [2.05, 4.69) is 25.1 Å². The molecule has 5 rings (SSSR count). The highest BCUT2D eigenvalue weighted by molar-refractivity contribution is 7.92. The molecule has 0 saturated heterocycles. The monoisotopic (exact) mass is 601 g/mol. The van der Waals surface area contributed by atoms with E-state index < -0.39 is 39.9 Å². The number of aryl methyl sites for hydroxylation is 1. The Balaban J connectivity index is 1.50. The van der Waals surface area contributed by atoms with Gasteiger partial charge in [-0.3, -0.25) is 13.8 Å². The first-order chi connectivity index (χ1) is 19.8. The van der Waals surface area contributed by atoms with Crippen LogP contribution < -0.4 is 15.4 Å². The number of carbonyl (C=O) groups excluding carboxylic acids is 2. The Kier molecular flexibility index (Phi) is 7.44. The number of pyridine rings is 1. The van der Waals surface area contributed by atoms with Crippen LogP contribution in [0.3, 0.4) is 0 Å². The number of rotatable bonds is 7. The summed E-state index contributed by atoms with van der Waals surface area (Å²) in [6, 6.07) is 9.62. The minimum atomic E-state index is -4.47. The number of hydrogen-bond donors (Lipinski definition) is 2. The highest BCUT2D eigenvalue weighted by atomic mass is 32.2. The molecule has 2 aliphatic rings. The minimum absolute atomic E-state index is 0.0580. The number of benzene rings is 1. The van der Waals surface area contributed by atoms with E-state index in [0.29, 0.717) is 24.1 Å². The van der Waals surface area contributed by atoms with Crippen molar-refractivity contribution in [3.05, 3.63) is 70.2 Å². The van der Waals surface area contributed by atoms with Crippen LogP contribution in [0.5, 0.6) is 5.75 Å². The van der Waals surface area contributed by atoms with Gasteiger partial charge in [0.1, 0.15) is 17.5 Å². The summed E-state index contributed by atoms with van der Waals surface area (Å²) < 4.78 is 59.9. The number of aromatic nitrogens is 3. The molecule has 0 saturated carbocycles. The molecule has 2 aromatic heterocycles. The number of ether oxygens (including phenoxy) is 1. The Hall–Kier alpha value is -4.45. The smallest absolute Gasteiger partial charge is 0.422 e. The third-order valence-corrected chi connectivity index (χ3v) is 7.74. The summed E-state index contributed by atoms with van der Waals surface area (Å²) in [5.41, 5.74) is 1.25. The van der Waals surface area contributed by atoms with Gasteiger partial charge in [0.25, 0.3) is 11.8 Å². The lowest BCUT2D eigenvalue weighted by atomic mass is 9.82. The van der Waals surface area contributed by atoms with Crippen LogP contribution in [-0.4, -0.2) is 69.2 Å². The van der Waals surface area contributed by atoms with Gasteiger partial charge in [-0.2, -0.15) is 23.5 Å². The molecule has 0 unspecified atom stereocenters. The zero-order valence-electron chi connectivity index (χ0n) is 22.6. The third kappa shape index (κ3) is 5.94. The van der Waals surface area contributed by atoms with Gasteiger partial charge in [-0.05, 0) is 48.2 Å². The molecule has 15 heteroatoms. The fourth-order valence-electron chi connectivity index (χ4n) is 5.20. The summed E-state index contributed by atoms with van der Waals surface area (Å²) in [6.07, 6.45) is 0.987. The van der Waals surface area contributed by atoms with Gasteiger partial charge in [0.15, 0.2) is 12.4 Å². The lowest BCUT2D eigenvalue weighted by Gasteiger charge is -2.35. The van der Waals surface area contributed by atoms with Gasteiger partial charge in [-0.15, -0.1) is 0 Å². The highest BCUT2D eigenvalue weighted by Gasteiger charge is 2.47. The van der Waals surface area contributed by atoms with E-state index in [0.717, 1.165) is 11.1 Å². The van der Waals surface area contributed by atoms with Crippen molar-refractivity contribution in [1.29, 1.82) is 5.26 Å². The maximum atomic E-state index is 13.7. The molecule has 220 valence electrons. The number of amides is 2. The van der Waals surface area contributed by atoms with Crippen molar-refractivity contribution in [1.82, 2.24) is 25.4 Å². The average Bonchev–Trinajstić information content (AvgIpc) is 3.48. The third-order valence-electron chi connectivity index (χ3n) is 6.93. The molecule has 3 heterocycles. The Morgan fingerprint density at radius 1 is 1.31 bits per heavy atom. The van der Waals surface area contributed by atoms with E-state index in [4.69, 9.17) is 10.00 Å². The van der Waals surface area contributed by atoms with Crippen LogP contribution in [0.25, 0.3) is 5.82 Å². The zero-order chi connectivity index (χ0) is 30.3. The molecule has 1 atom stereocenters. The normalized spacial score (nSPS) is 17.7. The van der Waals surface area contributed by atoms with Gasteiger partial charge in [0.05, 0.1) is 28.9 Å². The molecular formula is C27H26F3N7O4S. The van der Waals surface area contributed by atoms with Crippen molar-refractivity contribution in [2.24, 2.45) is 4.36 Å². The number of hydrogen-bond acceptors (Lipinski definition) is 8. The second-order valence-corrected chi connectivity index (χ2v) is 12.9. The van der Waals surface area contributed by atoms with Crippen molar-refractivity contribution in [3.8, 4) is 17.6 Å². The van der Waals surface area contributed by atoms with Crippen LogP contribution in [0.15, 0.2) is 40.9 Å². The second kappa shape index (κ2) is 10.8. The Bertz CT molecular complexity index is 1730. The summed E-state index contributed by atoms with van der Waals surface area (Å²) in [7, 11) is -2.36. The molecule has 0 fully saturated rings. The van der Waals surface area contributed by atoms with Gasteiger partial charge in [-0.1, -0.05) is 6.07 Å². The van der Waals surface area contributed by atoms with Crippen molar-refractivity contribution >= 4 is 21.5 Å². The number of alkyl halides is 3. The predicted molar refractivity (Wildman–Crippen MR) is 145 cm³/mol. The van der Waals surface area contributed by atoms with Crippen molar-refractivity contribution in [2.75, 3.05) is 32.2 Å². The first kappa shape index (κ1) is 29.1. The van der Waals surface area contributed by atoms with Crippen molar-refractivity contribution in [3.63, 3.8) is 0 Å². The van der Waals surface area contributed by atoms with Gasteiger partial charge < -0.3 is 15.4 Å². The Morgan fingerprint density at radius 2 is 2.10 bits per heavy atom. The van der Waals surface area contributed by atoms with Gasteiger partial charge in [0, 0.05) is 41.4 Å². The highest BCUT2D eigenvalue weighted by Crippen LogP contribution is 2.44. The van der Waals surface area contributed by atoms with Crippen LogP contribution in [0, 0.1) is 11.3 Å². The number of fused-ring (bicyclic) bond motifs is 3. The molecule has 2 amide bonds. The molecule has 1 aliphatic carbocycles. The fourth-order valence-corrected chi connectivity index (χ4v) is 5.73. The van der Waals surface area contributed by atoms with Crippen molar-refractivity contribution in [2.45, 2.75) is 31.0 Å². The van der Waals surface area contributed by atoms with E-state index in [1.165, 1.54) is 41.6 Å². The van der Waals surface area contributed by atoms with Crippen LogP contribution >= 0.6 is 0 Å². The molecule has 3 aromatic rings. The lowest BCUT2D eigenvalue weighted by Crippen LogP contribution is -2.50. The van der Waals surface area contributed by atoms with E-state index >= 15 is 0 Å². The van der Waals surface area contributed by atoms with Crippen LogP contribution in [0.1, 0.15) is 49.7 Å². The molecular weight excluding hydrogens is 575 g/mol. The maximum Gasteiger partial charge on any atom is 0.422 e. The predicted octanol–water partition coefficient (Wildman–Crippen LogP) is 2.67. The van der Waals surface area contributed by atoms with Gasteiger partial charge >= 0.3 is 6.18 Å². The van der Waals surface area contributed by atoms with Gasteiger partial charge in [0.2, 0.25) is 0 Å². The van der Waals surface area contributed by atoms with Crippen LogP contribution in [0.2, 0.25) is 0 Å². The topological polar surface area (TPSA) is 151 Å². The Morgan fingerprint density at radius 3 is 2.76 bits per heavy atom. The molecule has 42 heavy (non-hydrogen) atoms. The number of halogens is 3. The summed E-state index contributed by atoms with van der Waals surface area (Å²) in [5, 5.41) is 19.5. The second-order valence-electron chi connectivity index (χ2n) is 10.3. The van der Waals surface area contributed by atoms with E-state index in [-0.39, 0.29) is 42.3 Å². The number of nitriles is 1. The first-order valence-electron chi connectivity index (χ1n) is 12.8. The quantitative estimate of drug-likeness (QED) is 0.395. The SMILES string of the molecule is CS(C)(=O)=NCCNC(=O)c1c2c(nn1-c1ccc(C#N)cn1)C[C@]1(CCc3cc(OCC(F)(F)F)ccc31)NC2=O. The van der Waals surface area contributed by atoms with E-state index in [1.54, 1.807) is 12.1 Å². The maximum absolute atomic E-state index is 13.7. The fraction of sp³-hybridized carbons (Fsp3) is 0.370. The van der Waals surface area contributed by atoms with Crippen molar-refractivity contribution < 1.29 is 31.7 Å². The first-order valence-corrected chi connectivity index (χ1v) is 15.2. The summed E-state index contributed by atoms with van der Waals surface area (Å²) in [5.74, 6) is -0.868. The number of carbonyl (C=O) groups is 2. The largest absolute Gasteiger partial charge is 0.484 e. The molecule has 11 nitrogen and oxygen atoms in total. The summed E-state index contributed by atoms with van der Waals surface area (Å²) in [6.45, 7) is -1.24. The Labute approximate surface area is 239 Å². The van der Waals surface area contributed by atoms with E-state index in [1.807, 2.05) is 6.07 Å². The molecule has 1 spiro atoms. The number of nitrogens with one attached hydrogen (secondary N) is 2. The minimum Gasteiger partial charge on any atom is -0.484 e. The molecule has 2 N–H and O–H groups in total. The van der Waals surface area contributed by atoms with E-state index in [9.17, 15) is 27.0 Å². The zero-order valence-corrected chi connectivity index (χ0v) is 23.4. The molecule has 0 radical (unpaired) electrons. The molecule has 0 bridgehead atoms. The molecule has 1 aromatic carbocycles. The summed E-state index contributed by atoms with van der Waals surface area (Å²) in [4.78, 5) is 31.3. The molecule has 1 aliphatic heterocycles. The summed E-state index contributed by atoms with van der Waals surface area (Å²) >= 11 is 0. The average molecular weight is 602 g/mol.